The van der Waals surface area contributed by atoms with E-state index in [-0.39, 0.29) is 22.8 Å². The third kappa shape index (κ3) is 1.77. The van der Waals surface area contributed by atoms with Crippen molar-refractivity contribution in [3.05, 3.63) is 35.5 Å². The molecule has 25 heavy (non-hydrogen) atoms. The van der Waals surface area contributed by atoms with Crippen LogP contribution in [0, 0.1) is 28.6 Å². The summed E-state index contributed by atoms with van der Waals surface area (Å²) in [7, 11) is 2.09. The SMILES string of the molecule is C[C@H]1[C@H]2CC=C3[C@@H]4CCC5=CC(=O)C=C[C@]5(C)[C@H]4CC[C@@]32[C@H](O)N1C. The topological polar surface area (TPSA) is 40.5 Å². The van der Waals surface area contributed by atoms with Gasteiger partial charge in [0.25, 0.3) is 0 Å². The van der Waals surface area contributed by atoms with Gasteiger partial charge in [-0.05, 0) is 76.0 Å². The summed E-state index contributed by atoms with van der Waals surface area (Å²) in [6, 6.07) is 0.446. The summed E-state index contributed by atoms with van der Waals surface area (Å²) in [5, 5.41) is 11.2. The molecule has 0 amide bonds. The Balaban J connectivity index is 1.55. The van der Waals surface area contributed by atoms with Gasteiger partial charge in [-0.25, -0.2) is 0 Å². The van der Waals surface area contributed by atoms with E-state index >= 15 is 0 Å². The lowest BCUT2D eigenvalue weighted by atomic mass is 9.49. The van der Waals surface area contributed by atoms with E-state index in [9.17, 15) is 9.90 Å². The molecular formula is C22H29NO2. The number of allylic oxidation sites excluding steroid dienone is 5. The Morgan fingerprint density at radius 1 is 1.28 bits per heavy atom. The Morgan fingerprint density at radius 2 is 2.08 bits per heavy atom. The smallest absolute Gasteiger partial charge is 0.178 e. The van der Waals surface area contributed by atoms with E-state index in [1.807, 2.05) is 6.08 Å². The Labute approximate surface area is 150 Å². The summed E-state index contributed by atoms with van der Waals surface area (Å²) in [5.41, 5.74) is 2.91. The maximum atomic E-state index is 11.9. The van der Waals surface area contributed by atoms with Gasteiger partial charge in [0.05, 0.1) is 0 Å². The van der Waals surface area contributed by atoms with Gasteiger partial charge in [-0.15, -0.1) is 0 Å². The molecule has 0 radical (unpaired) electrons. The number of aliphatic hydroxyl groups is 1. The summed E-state index contributed by atoms with van der Waals surface area (Å²) < 4.78 is 0. The van der Waals surface area contributed by atoms with Gasteiger partial charge in [0.1, 0.15) is 6.23 Å². The number of ketones is 1. The highest BCUT2D eigenvalue weighted by Crippen LogP contribution is 2.67. The predicted octanol–water partition coefficient (Wildman–Crippen LogP) is 3.46. The molecule has 0 unspecified atom stereocenters. The number of likely N-dealkylation sites (tertiary alicyclic amines) is 1. The molecule has 0 bridgehead atoms. The number of fused-ring (bicyclic) bond motifs is 4. The van der Waals surface area contributed by atoms with Gasteiger partial charge in [-0.2, -0.15) is 0 Å². The number of rotatable bonds is 0. The van der Waals surface area contributed by atoms with Crippen LogP contribution in [0.4, 0.5) is 0 Å². The molecule has 3 heteroatoms. The highest BCUT2D eigenvalue weighted by molar-refractivity contribution is 6.01. The standard InChI is InChI=1S/C22H29NO2/c1-13-17-6-7-19-16-5-4-14-12-15(24)8-10-21(14,2)18(16)9-11-22(17,19)20(25)23(13)3/h7-8,10,12-13,16-18,20,25H,4-6,9,11H2,1-3H3/t13-,16+,17+,18-,20-,21-,22-/m0/s1. The van der Waals surface area contributed by atoms with Crippen LogP contribution in [0.2, 0.25) is 0 Å². The second kappa shape index (κ2) is 4.95. The fourth-order valence-corrected chi connectivity index (χ4v) is 7.30. The minimum Gasteiger partial charge on any atom is -0.377 e. The number of nitrogens with zero attached hydrogens (tertiary/aromatic N) is 1. The van der Waals surface area contributed by atoms with Crippen molar-refractivity contribution in [3.63, 3.8) is 0 Å². The van der Waals surface area contributed by atoms with Crippen LogP contribution >= 0.6 is 0 Å². The minimum absolute atomic E-state index is 0.0128. The minimum atomic E-state index is -0.338. The summed E-state index contributed by atoms with van der Waals surface area (Å²) in [6.45, 7) is 4.62. The molecule has 5 rings (SSSR count). The van der Waals surface area contributed by atoms with Crippen molar-refractivity contribution < 1.29 is 9.90 Å². The van der Waals surface area contributed by atoms with Gasteiger partial charge in [0, 0.05) is 16.9 Å². The van der Waals surface area contributed by atoms with Gasteiger partial charge >= 0.3 is 0 Å². The lowest BCUT2D eigenvalue weighted by molar-refractivity contribution is -0.110. The first-order chi connectivity index (χ1) is 11.9. The van der Waals surface area contributed by atoms with Crippen molar-refractivity contribution in [2.24, 2.45) is 28.6 Å². The third-order valence-electron chi connectivity index (χ3n) is 8.71. The van der Waals surface area contributed by atoms with Crippen LogP contribution in [0.5, 0.6) is 0 Å². The van der Waals surface area contributed by atoms with E-state index < -0.39 is 0 Å². The van der Waals surface area contributed by atoms with Gasteiger partial charge in [0.15, 0.2) is 5.78 Å². The molecule has 3 fully saturated rings. The average Bonchev–Trinajstić information content (AvgIpc) is 3.07. The summed E-state index contributed by atoms with van der Waals surface area (Å²) in [6.07, 6.45) is 13.5. The molecule has 1 heterocycles. The van der Waals surface area contributed by atoms with Crippen LogP contribution in [-0.2, 0) is 4.79 Å². The largest absolute Gasteiger partial charge is 0.377 e. The fraction of sp³-hybridized carbons (Fsp3) is 0.682. The monoisotopic (exact) mass is 339 g/mol. The van der Waals surface area contributed by atoms with Crippen molar-refractivity contribution in [2.45, 2.75) is 58.2 Å². The van der Waals surface area contributed by atoms with E-state index in [0.29, 0.717) is 23.8 Å². The van der Waals surface area contributed by atoms with E-state index in [1.165, 1.54) is 5.57 Å². The second-order valence-corrected chi connectivity index (χ2v) is 9.30. The van der Waals surface area contributed by atoms with Crippen LogP contribution in [0.25, 0.3) is 0 Å². The number of hydrogen-bond acceptors (Lipinski definition) is 3. The maximum Gasteiger partial charge on any atom is 0.178 e. The zero-order valence-electron chi connectivity index (χ0n) is 15.5. The summed E-state index contributed by atoms with van der Waals surface area (Å²) >= 11 is 0. The highest BCUT2D eigenvalue weighted by atomic mass is 16.3. The van der Waals surface area contributed by atoms with E-state index in [0.717, 1.165) is 32.1 Å². The molecule has 1 aliphatic heterocycles. The molecule has 0 aromatic carbocycles. The molecule has 1 N–H and O–H groups in total. The molecule has 0 aromatic rings. The molecule has 3 nitrogen and oxygen atoms in total. The first-order valence-corrected chi connectivity index (χ1v) is 9.94. The Morgan fingerprint density at radius 3 is 2.88 bits per heavy atom. The van der Waals surface area contributed by atoms with Crippen LogP contribution in [0.1, 0.15) is 46.0 Å². The second-order valence-electron chi connectivity index (χ2n) is 9.30. The van der Waals surface area contributed by atoms with E-state index in [4.69, 9.17) is 0 Å². The van der Waals surface area contributed by atoms with Crippen molar-refractivity contribution in [3.8, 4) is 0 Å². The van der Waals surface area contributed by atoms with Crippen LogP contribution in [0.3, 0.4) is 0 Å². The summed E-state index contributed by atoms with van der Waals surface area (Å²) in [5.74, 6) is 1.85. The zero-order valence-corrected chi connectivity index (χ0v) is 15.5. The quantitative estimate of drug-likeness (QED) is 0.687. The Bertz CT molecular complexity index is 734. The Hall–Kier alpha value is -1.19. The molecular weight excluding hydrogens is 310 g/mol. The number of hydrogen-bond donors (Lipinski definition) is 1. The van der Waals surface area contributed by atoms with Crippen molar-refractivity contribution in [2.75, 3.05) is 7.05 Å². The lowest BCUT2D eigenvalue weighted by Crippen LogP contribution is -2.50. The molecule has 4 aliphatic carbocycles. The normalized spacial score (nSPS) is 51.4. The number of carbonyl (C=O) groups excluding carboxylic acids is 1. The highest BCUT2D eigenvalue weighted by Gasteiger charge is 2.64. The molecule has 0 aromatic heterocycles. The molecule has 2 saturated carbocycles. The van der Waals surface area contributed by atoms with Crippen molar-refractivity contribution in [1.82, 2.24) is 4.90 Å². The summed E-state index contributed by atoms with van der Waals surface area (Å²) in [4.78, 5) is 14.1. The van der Waals surface area contributed by atoms with Crippen LogP contribution < -0.4 is 0 Å². The van der Waals surface area contributed by atoms with Gasteiger partial charge in [-0.1, -0.05) is 30.2 Å². The van der Waals surface area contributed by atoms with Crippen molar-refractivity contribution in [1.29, 1.82) is 0 Å². The molecule has 5 aliphatic rings. The molecule has 134 valence electrons. The first kappa shape index (κ1) is 16.0. The molecule has 7 atom stereocenters. The van der Waals surface area contributed by atoms with Gasteiger partial charge < -0.3 is 5.11 Å². The van der Waals surface area contributed by atoms with Crippen LogP contribution in [0.15, 0.2) is 35.5 Å². The molecule has 1 spiro atoms. The van der Waals surface area contributed by atoms with E-state index in [1.54, 1.807) is 11.6 Å². The van der Waals surface area contributed by atoms with Gasteiger partial charge in [0.2, 0.25) is 0 Å². The van der Waals surface area contributed by atoms with E-state index in [2.05, 4.69) is 37.9 Å². The fourth-order valence-electron chi connectivity index (χ4n) is 7.30. The first-order valence-electron chi connectivity index (χ1n) is 9.94. The average molecular weight is 339 g/mol. The zero-order chi connectivity index (χ0) is 17.6. The van der Waals surface area contributed by atoms with Gasteiger partial charge in [-0.3, -0.25) is 9.69 Å². The third-order valence-corrected chi connectivity index (χ3v) is 8.71. The number of carbonyl (C=O) groups is 1. The predicted molar refractivity (Wildman–Crippen MR) is 97.6 cm³/mol. The Kier molecular flexibility index (Phi) is 3.17. The maximum absolute atomic E-state index is 11.9. The lowest BCUT2D eigenvalue weighted by Gasteiger charge is -2.55. The number of aliphatic hydroxyl groups excluding tert-OH is 1. The van der Waals surface area contributed by atoms with Crippen molar-refractivity contribution >= 4 is 5.78 Å². The molecule has 1 saturated heterocycles. The van der Waals surface area contributed by atoms with Crippen LogP contribution in [-0.4, -0.2) is 35.1 Å².